The van der Waals surface area contributed by atoms with Gasteiger partial charge in [-0.2, -0.15) is 0 Å². The van der Waals surface area contributed by atoms with E-state index >= 15 is 0 Å². The van der Waals surface area contributed by atoms with Crippen LogP contribution in [0.25, 0.3) is 11.1 Å². The molecule has 3 rings (SSSR count). The lowest BCUT2D eigenvalue weighted by molar-refractivity contribution is -0.0246. The third kappa shape index (κ3) is 3.02. The molecule has 2 heteroatoms. The van der Waals surface area contributed by atoms with E-state index in [1.165, 1.54) is 11.1 Å². The van der Waals surface area contributed by atoms with Crippen molar-refractivity contribution in [3.8, 4) is 11.1 Å². The van der Waals surface area contributed by atoms with Gasteiger partial charge in [0.25, 0.3) is 0 Å². The zero-order valence-corrected chi connectivity index (χ0v) is 12.6. The molecule has 1 fully saturated rings. The Labute approximate surface area is 127 Å². The molecule has 1 saturated heterocycles. The van der Waals surface area contributed by atoms with Gasteiger partial charge in [0.2, 0.25) is 0 Å². The highest BCUT2D eigenvalue weighted by atomic mass is 16.3. The van der Waals surface area contributed by atoms with Gasteiger partial charge in [0, 0.05) is 13.1 Å². The van der Waals surface area contributed by atoms with E-state index in [1.807, 2.05) is 6.07 Å². The molecular weight excluding hydrogens is 258 g/mol. The second-order valence-electron chi connectivity index (χ2n) is 5.91. The van der Waals surface area contributed by atoms with Gasteiger partial charge in [0.1, 0.15) is 0 Å². The molecule has 0 amide bonds. The normalized spacial score (nSPS) is 18.6. The molecule has 0 unspecified atom stereocenters. The lowest BCUT2D eigenvalue weighted by atomic mass is 9.84. The average Bonchev–Trinajstić information content (AvgIpc) is 2.57. The number of benzene rings is 2. The number of piperidine rings is 1. The molecule has 0 saturated carbocycles. The molecule has 2 aromatic rings. The number of hydrogen-bond acceptors (Lipinski definition) is 2. The summed E-state index contributed by atoms with van der Waals surface area (Å²) in [5.74, 6) is 0. The van der Waals surface area contributed by atoms with E-state index in [1.54, 1.807) is 0 Å². The second kappa shape index (κ2) is 6.00. The Kier molecular flexibility index (Phi) is 4.09. The van der Waals surface area contributed by atoms with Crippen LogP contribution in [0.5, 0.6) is 0 Å². The largest absolute Gasteiger partial charge is 0.385 e. The molecule has 0 aromatic heterocycles. The third-order valence-electron chi connectivity index (χ3n) is 4.66. The van der Waals surface area contributed by atoms with Crippen LogP contribution in [0.15, 0.2) is 54.6 Å². The maximum Gasteiger partial charge on any atom is 0.0920 e. The van der Waals surface area contributed by atoms with E-state index < -0.39 is 5.60 Å². The number of aliphatic hydroxyl groups is 1. The number of hydrogen-bond donors (Lipinski definition) is 1. The molecule has 1 heterocycles. The maximum atomic E-state index is 10.9. The van der Waals surface area contributed by atoms with Gasteiger partial charge >= 0.3 is 0 Å². The van der Waals surface area contributed by atoms with Gasteiger partial charge in [-0.3, -0.25) is 0 Å². The smallest absolute Gasteiger partial charge is 0.0920 e. The van der Waals surface area contributed by atoms with Gasteiger partial charge in [0.05, 0.1) is 5.60 Å². The topological polar surface area (TPSA) is 23.5 Å². The van der Waals surface area contributed by atoms with Gasteiger partial charge in [0.15, 0.2) is 0 Å². The average molecular weight is 281 g/mol. The van der Waals surface area contributed by atoms with Crippen molar-refractivity contribution in [1.29, 1.82) is 0 Å². The van der Waals surface area contributed by atoms with E-state index in [2.05, 4.69) is 60.4 Å². The van der Waals surface area contributed by atoms with Crippen molar-refractivity contribution in [2.75, 3.05) is 19.6 Å². The number of rotatable bonds is 3. The van der Waals surface area contributed by atoms with E-state index in [0.717, 1.165) is 38.0 Å². The molecule has 2 aromatic carbocycles. The third-order valence-corrected chi connectivity index (χ3v) is 4.66. The van der Waals surface area contributed by atoms with Crippen molar-refractivity contribution in [2.24, 2.45) is 0 Å². The van der Waals surface area contributed by atoms with Crippen LogP contribution in [-0.2, 0) is 5.60 Å². The summed E-state index contributed by atoms with van der Waals surface area (Å²) in [5.41, 5.74) is 2.82. The summed E-state index contributed by atoms with van der Waals surface area (Å²) in [6.07, 6.45) is 1.65. The van der Waals surface area contributed by atoms with Crippen molar-refractivity contribution in [3.63, 3.8) is 0 Å². The molecule has 0 spiro atoms. The minimum absolute atomic E-state index is 0.652. The summed E-state index contributed by atoms with van der Waals surface area (Å²) in [6.45, 7) is 5.21. The van der Waals surface area contributed by atoms with Gasteiger partial charge in [-0.05, 0) is 36.1 Å². The van der Waals surface area contributed by atoms with Gasteiger partial charge in [-0.25, -0.2) is 0 Å². The second-order valence-corrected chi connectivity index (χ2v) is 5.91. The van der Waals surface area contributed by atoms with Crippen LogP contribution in [-0.4, -0.2) is 29.6 Å². The highest BCUT2D eigenvalue weighted by Crippen LogP contribution is 2.33. The van der Waals surface area contributed by atoms with Crippen molar-refractivity contribution in [3.05, 3.63) is 60.2 Å². The fourth-order valence-corrected chi connectivity index (χ4v) is 3.13. The minimum atomic E-state index is -0.652. The fourth-order valence-electron chi connectivity index (χ4n) is 3.13. The molecule has 0 radical (unpaired) electrons. The summed E-state index contributed by atoms with van der Waals surface area (Å²) in [4.78, 5) is 2.40. The predicted molar refractivity (Wildman–Crippen MR) is 87.1 cm³/mol. The first-order chi connectivity index (χ1) is 10.2. The molecule has 21 heavy (non-hydrogen) atoms. The first-order valence-corrected chi connectivity index (χ1v) is 7.82. The Morgan fingerprint density at radius 3 is 2.05 bits per heavy atom. The Bertz CT molecular complexity index is 568. The molecule has 0 bridgehead atoms. The first-order valence-electron chi connectivity index (χ1n) is 7.82. The maximum absolute atomic E-state index is 10.9. The van der Waals surface area contributed by atoms with Crippen LogP contribution in [0.4, 0.5) is 0 Å². The Morgan fingerprint density at radius 1 is 0.905 bits per heavy atom. The molecule has 2 nitrogen and oxygen atoms in total. The molecule has 1 aliphatic rings. The summed E-state index contributed by atoms with van der Waals surface area (Å²) in [7, 11) is 0. The highest BCUT2D eigenvalue weighted by Gasteiger charge is 2.33. The number of nitrogens with zero attached hydrogens (tertiary/aromatic N) is 1. The van der Waals surface area contributed by atoms with Gasteiger partial charge in [-0.15, -0.1) is 0 Å². The highest BCUT2D eigenvalue weighted by molar-refractivity contribution is 5.63. The van der Waals surface area contributed by atoms with Crippen LogP contribution in [0.3, 0.4) is 0 Å². The fraction of sp³-hybridized carbons (Fsp3) is 0.368. The first kappa shape index (κ1) is 14.3. The Balaban J connectivity index is 1.78. The Morgan fingerprint density at radius 2 is 1.48 bits per heavy atom. The van der Waals surface area contributed by atoms with Crippen LogP contribution in [0.2, 0.25) is 0 Å². The van der Waals surface area contributed by atoms with Crippen molar-refractivity contribution < 1.29 is 5.11 Å². The lowest BCUT2D eigenvalue weighted by Gasteiger charge is -2.38. The molecule has 110 valence electrons. The standard InChI is InChI=1S/C19H23NO/c1-2-20-14-12-19(21,13-15-20)18-10-8-17(9-11-18)16-6-4-3-5-7-16/h3-11,21H,2,12-15H2,1H3. The van der Waals surface area contributed by atoms with E-state index in [9.17, 15) is 5.11 Å². The van der Waals surface area contributed by atoms with Crippen molar-refractivity contribution in [1.82, 2.24) is 4.90 Å². The summed E-state index contributed by atoms with van der Waals surface area (Å²) >= 11 is 0. The molecule has 0 atom stereocenters. The minimum Gasteiger partial charge on any atom is -0.385 e. The molecular formula is C19H23NO. The number of likely N-dealkylation sites (tertiary alicyclic amines) is 1. The zero-order chi connectivity index (χ0) is 14.7. The van der Waals surface area contributed by atoms with E-state index in [0.29, 0.717) is 0 Å². The van der Waals surface area contributed by atoms with Crippen LogP contribution >= 0.6 is 0 Å². The summed E-state index contributed by atoms with van der Waals surface area (Å²) in [6, 6.07) is 18.8. The monoisotopic (exact) mass is 281 g/mol. The molecule has 1 aliphatic heterocycles. The quantitative estimate of drug-likeness (QED) is 0.928. The summed E-state index contributed by atoms with van der Waals surface area (Å²) < 4.78 is 0. The lowest BCUT2D eigenvalue weighted by Crippen LogP contribution is -2.42. The predicted octanol–water partition coefficient (Wildman–Crippen LogP) is 3.66. The van der Waals surface area contributed by atoms with Gasteiger partial charge in [-0.1, -0.05) is 61.5 Å². The molecule has 1 N–H and O–H groups in total. The van der Waals surface area contributed by atoms with Crippen LogP contribution in [0, 0.1) is 0 Å². The van der Waals surface area contributed by atoms with E-state index in [4.69, 9.17) is 0 Å². The van der Waals surface area contributed by atoms with Crippen molar-refractivity contribution in [2.45, 2.75) is 25.4 Å². The Hall–Kier alpha value is -1.64. The van der Waals surface area contributed by atoms with Crippen LogP contribution in [0.1, 0.15) is 25.3 Å². The van der Waals surface area contributed by atoms with Gasteiger partial charge < -0.3 is 10.0 Å². The van der Waals surface area contributed by atoms with E-state index in [-0.39, 0.29) is 0 Å². The SMILES string of the molecule is CCN1CCC(O)(c2ccc(-c3ccccc3)cc2)CC1. The zero-order valence-electron chi connectivity index (χ0n) is 12.6. The van der Waals surface area contributed by atoms with Crippen molar-refractivity contribution >= 4 is 0 Å². The van der Waals surface area contributed by atoms with Crippen LogP contribution < -0.4 is 0 Å². The summed E-state index contributed by atoms with van der Waals surface area (Å²) in [5, 5.41) is 10.9. The molecule has 0 aliphatic carbocycles.